The molecule has 0 N–H and O–H groups in total. The van der Waals surface area contributed by atoms with Crippen LogP contribution in [0.5, 0.6) is 0 Å². The monoisotopic (exact) mass is 310 g/mol. The van der Waals surface area contributed by atoms with Crippen LogP contribution < -0.4 is 0 Å². The van der Waals surface area contributed by atoms with Crippen molar-refractivity contribution in [1.82, 2.24) is 0 Å². The zero-order valence-electron chi connectivity index (χ0n) is 7.43. The molecule has 2 aromatic carbocycles. The fraction of sp³-hybridized carbons (Fsp3) is 0. The van der Waals surface area contributed by atoms with E-state index in [9.17, 15) is 0 Å². The largest absolute Gasteiger partial charge is 0.0984 e. The predicted molar refractivity (Wildman–Crippen MR) is 69.4 cm³/mol. The summed E-state index contributed by atoms with van der Waals surface area (Å²) in [7, 11) is 0. The van der Waals surface area contributed by atoms with E-state index in [1.165, 1.54) is 10.8 Å². The Morgan fingerprint density at radius 3 is 2.57 bits per heavy atom. The molecule has 0 heterocycles. The first kappa shape index (κ1) is 9.94. The van der Waals surface area contributed by atoms with Crippen LogP contribution in [0, 0.1) is 0 Å². The predicted octanol–water partition coefficient (Wildman–Crippen LogP) is 5.01. The molecule has 0 aliphatic carbocycles. The number of hydrogen-bond donors (Lipinski definition) is 0. The van der Waals surface area contributed by atoms with Gasteiger partial charge in [-0.15, -0.1) is 0 Å². The van der Waals surface area contributed by atoms with Gasteiger partial charge in [0.2, 0.25) is 0 Å². The summed E-state index contributed by atoms with van der Waals surface area (Å²) in [5.74, 6) is 0. The van der Waals surface area contributed by atoms with E-state index in [0.29, 0.717) is 0 Å². The Bertz CT molecular complexity index is 501. The average molecular weight is 312 g/mol. The van der Waals surface area contributed by atoms with E-state index < -0.39 is 0 Å². The summed E-state index contributed by atoms with van der Waals surface area (Å²) in [4.78, 5) is 0. The van der Waals surface area contributed by atoms with Crippen molar-refractivity contribution in [1.29, 1.82) is 0 Å². The molecule has 2 aromatic rings. The lowest BCUT2D eigenvalue weighted by molar-refractivity contribution is 1.61. The second-order valence-electron chi connectivity index (χ2n) is 3.01. The normalized spacial score (nSPS) is 10.4. The molecule has 0 aliphatic heterocycles. The van der Waals surface area contributed by atoms with Gasteiger partial charge in [-0.2, -0.15) is 0 Å². The highest BCUT2D eigenvalue weighted by Gasteiger charge is 2.06. The lowest BCUT2D eigenvalue weighted by atomic mass is 10.1. The Morgan fingerprint density at radius 2 is 1.86 bits per heavy atom. The molecule has 0 aromatic heterocycles. The molecular weight excluding hydrogens is 304 g/mol. The summed E-state index contributed by atoms with van der Waals surface area (Å²) in [5, 5.41) is 2.43. The number of halogens is 2. The first-order chi connectivity index (χ1) is 6.74. The minimum Gasteiger partial charge on any atom is -0.0984 e. The molecule has 0 nitrogen and oxygen atoms in total. The summed E-state index contributed by atoms with van der Waals surface area (Å²) in [6.07, 6.45) is 1.85. The smallest absolute Gasteiger partial charge is 0.0337 e. The van der Waals surface area contributed by atoms with Crippen LogP contribution in [0.4, 0.5) is 0 Å². The number of hydrogen-bond acceptors (Lipinski definition) is 0. The maximum absolute atomic E-state index is 3.80. The Hall–Kier alpha value is -0.600. The van der Waals surface area contributed by atoms with Gasteiger partial charge in [0.1, 0.15) is 0 Å². The Labute approximate surface area is 99.9 Å². The Balaban J connectivity index is 2.92. The van der Waals surface area contributed by atoms with Crippen LogP contribution in [0.3, 0.4) is 0 Å². The first-order valence-corrected chi connectivity index (χ1v) is 5.82. The minimum atomic E-state index is 1.07. The summed E-state index contributed by atoms with van der Waals surface area (Å²) in [6.45, 7) is 3.80. The van der Waals surface area contributed by atoms with Crippen molar-refractivity contribution >= 4 is 48.7 Å². The number of fused-ring (bicyclic) bond motifs is 1. The SMILES string of the molecule is C=Cc1c(Br)cc2ccccc2c1Br. The van der Waals surface area contributed by atoms with Crippen LogP contribution >= 0.6 is 31.9 Å². The van der Waals surface area contributed by atoms with Crippen LogP contribution in [0.15, 0.2) is 45.9 Å². The van der Waals surface area contributed by atoms with Gasteiger partial charge in [-0.25, -0.2) is 0 Å². The van der Waals surface area contributed by atoms with E-state index in [4.69, 9.17) is 0 Å². The second kappa shape index (κ2) is 3.87. The zero-order chi connectivity index (χ0) is 10.1. The Kier molecular flexibility index (Phi) is 2.75. The van der Waals surface area contributed by atoms with Crippen LogP contribution in [-0.2, 0) is 0 Å². The topological polar surface area (TPSA) is 0 Å². The van der Waals surface area contributed by atoms with Crippen LogP contribution in [0.1, 0.15) is 5.56 Å². The summed E-state index contributed by atoms with van der Waals surface area (Å²) in [6, 6.07) is 10.4. The molecule has 0 fully saturated rings. The van der Waals surface area contributed by atoms with Gasteiger partial charge in [-0.05, 0) is 32.8 Å². The van der Waals surface area contributed by atoms with Crippen LogP contribution in [0.25, 0.3) is 16.8 Å². The second-order valence-corrected chi connectivity index (χ2v) is 4.66. The van der Waals surface area contributed by atoms with Crippen molar-refractivity contribution in [3.63, 3.8) is 0 Å². The molecule has 0 bridgehead atoms. The fourth-order valence-corrected chi connectivity index (χ4v) is 3.08. The number of rotatable bonds is 1. The zero-order valence-corrected chi connectivity index (χ0v) is 10.6. The van der Waals surface area contributed by atoms with Crippen LogP contribution in [-0.4, -0.2) is 0 Å². The van der Waals surface area contributed by atoms with Crippen molar-refractivity contribution < 1.29 is 0 Å². The van der Waals surface area contributed by atoms with E-state index in [0.717, 1.165) is 14.5 Å². The molecule has 0 atom stereocenters. The molecule has 70 valence electrons. The minimum absolute atomic E-state index is 1.07. The number of benzene rings is 2. The van der Waals surface area contributed by atoms with E-state index in [2.05, 4.69) is 56.6 Å². The highest BCUT2D eigenvalue weighted by Crippen LogP contribution is 2.34. The van der Waals surface area contributed by atoms with Gasteiger partial charge in [-0.1, -0.05) is 52.9 Å². The highest BCUT2D eigenvalue weighted by molar-refractivity contribution is 9.11. The van der Waals surface area contributed by atoms with Crippen molar-refractivity contribution in [3.05, 3.63) is 51.4 Å². The summed E-state index contributed by atoms with van der Waals surface area (Å²) < 4.78 is 2.16. The van der Waals surface area contributed by atoms with Gasteiger partial charge in [0.05, 0.1) is 0 Å². The van der Waals surface area contributed by atoms with Gasteiger partial charge in [0.25, 0.3) is 0 Å². The van der Waals surface area contributed by atoms with Gasteiger partial charge >= 0.3 is 0 Å². The molecule has 0 spiro atoms. The molecule has 14 heavy (non-hydrogen) atoms. The van der Waals surface area contributed by atoms with E-state index >= 15 is 0 Å². The summed E-state index contributed by atoms with van der Waals surface area (Å²) in [5.41, 5.74) is 1.10. The van der Waals surface area contributed by atoms with E-state index in [1.807, 2.05) is 18.2 Å². The molecular formula is C12H8Br2. The van der Waals surface area contributed by atoms with E-state index in [1.54, 1.807) is 0 Å². The molecule has 2 rings (SSSR count). The third-order valence-corrected chi connectivity index (χ3v) is 3.69. The average Bonchev–Trinajstić information content (AvgIpc) is 2.18. The maximum atomic E-state index is 3.80. The maximum Gasteiger partial charge on any atom is 0.0337 e. The van der Waals surface area contributed by atoms with Crippen molar-refractivity contribution in [2.24, 2.45) is 0 Å². The molecule has 0 unspecified atom stereocenters. The molecule has 0 saturated heterocycles. The van der Waals surface area contributed by atoms with Gasteiger partial charge in [0.15, 0.2) is 0 Å². The highest BCUT2D eigenvalue weighted by atomic mass is 79.9. The lowest BCUT2D eigenvalue weighted by Gasteiger charge is -2.06. The molecule has 0 saturated carbocycles. The third-order valence-electron chi connectivity index (χ3n) is 2.18. The standard InChI is InChI=1S/C12H8Br2/c1-2-9-11(13)7-8-5-3-4-6-10(8)12(9)14/h2-7H,1H2. The van der Waals surface area contributed by atoms with Gasteiger partial charge in [0, 0.05) is 14.5 Å². The summed E-state index contributed by atoms with van der Waals surface area (Å²) >= 11 is 7.12. The molecule has 0 aliphatic rings. The Morgan fingerprint density at radius 1 is 1.14 bits per heavy atom. The first-order valence-electron chi connectivity index (χ1n) is 4.23. The van der Waals surface area contributed by atoms with Gasteiger partial charge < -0.3 is 0 Å². The molecule has 0 radical (unpaired) electrons. The van der Waals surface area contributed by atoms with Crippen LogP contribution in [0.2, 0.25) is 0 Å². The molecule has 0 amide bonds. The quantitative estimate of drug-likeness (QED) is 0.694. The van der Waals surface area contributed by atoms with Crippen molar-refractivity contribution in [2.45, 2.75) is 0 Å². The van der Waals surface area contributed by atoms with Gasteiger partial charge in [-0.3, -0.25) is 0 Å². The molecule has 2 heteroatoms. The van der Waals surface area contributed by atoms with Crippen molar-refractivity contribution in [3.8, 4) is 0 Å². The lowest BCUT2D eigenvalue weighted by Crippen LogP contribution is -1.81. The third kappa shape index (κ3) is 1.53. The fourth-order valence-electron chi connectivity index (χ4n) is 1.47. The van der Waals surface area contributed by atoms with Crippen molar-refractivity contribution in [2.75, 3.05) is 0 Å². The van der Waals surface area contributed by atoms with E-state index in [-0.39, 0.29) is 0 Å².